The number of hydrogen-bond acceptors (Lipinski definition) is 2. The summed E-state index contributed by atoms with van der Waals surface area (Å²) in [6.07, 6.45) is 1.90. The van der Waals surface area contributed by atoms with Crippen LogP contribution < -0.4 is 0 Å². The van der Waals surface area contributed by atoms with Gasteiger partial charge in [0, 0.05) is 27.9 Å². The largest absolute Gasteiger partial charge is 0.456 e. The van der Waals surface area contributed by atoms with Crippen LogP contribution in [-0.4, -0.2) is 4.98 Å². The first kappa shape index (κ1) is 14.9. The lowest BCUT2D eigenvalue weighted by molar-refractivity contribution is 0.589. The molecule has 0 spiro atoms. The van der Waals surface area contributed by atoms with E-state index in [9.17, 15) is 0 Å². The normalized spacial score (nSPS) is 12.2. The molecule has 0 aliphatic heterocycles. The Morgan fingerprint density at radius 2 is 1.62 bits per heavy atom. The second kappa shape index (κ2) is 5.20. The van der Waals surface area contributed by atoms with Crippen molar-refractivity contribution in [2.75, 3.05) is 0 Å². The molecule has 2 aromatic heterocycles. The average Bonchev–Trinajstić information content (AvgIpc) is 2.95. The topological polar surface area (TPSA) is 26.0 Å². The van der Waals surface area contributed by atoms with Crippen molar-refractivity contribution in [3.05, 3.63) is 77.1 Å². The van der Waals surface area contributed by atoms with E-state index < -0.39 is 0 Å². The molecule has 0 N–H and O–H groups in total. The third-order valence-corrected chi connectivity index (χ3v) is 5.14. The highest BCUT2D eigenvalue weighted by Gasteiger charge is 2.30. The molecule has 2 aromatic carbocycles. The number of aryl methyl sites for hydroxylation is 1. The van der Waals surface area contributed by atoms with Crippen molar-refractivity contribution in [3.63, 3.8) is 0 Å². The number of benzene rings is 2. The fourth-order valence-corrected chi connectivity index (χ4v) is 3.63. The maximum Gasteiger partial charge on any atom is 0.139 e. The minimum absolute atomic E-state index is 0.233. The first-order chi connectivity index (χ1) is 11.5. The van der Waals surface area contributed by atoms with Gasteiger partial charge in [-0.05, 0) is 37.1 Å². The van der Waals surface area contributed by atoms with Gasteiger partial charge in [-0.15, -0.1) is 0 Å². The molecule has 4 rings (SSSR count). The molecular weight excluding hydrogens is 294 g/mol. The van der Waals surface area contributed by atoms with Gasteiger partial charge >= 0.3 is 0 Å². The highest BCUT2D eigenvalue weighted by molar-refractivity contribution is 6.06. The number of furan rings is 1. The maximum absolute atomic E-state index is 6.23. The number of rotatable bonds is 2. The van der Waals surface area contributed by atoms with E-state index in [-0.39, 0.29) is 5.41 Å². The molecule has 2 nitrogen and oxygen atoms in total. The smallest absolute Gasteiger partial charge is 0.139 e. The van der Waals surface area contributed by atoms with E-state index >= 15 is 0 Å². The third kappa shape index (κ3) is 2.06. The van der Waals surface area contributed by atoms with E-state index in [1.807, 2.05) is 18.3 Å². The summed E-state index contributed by atoms with van der Waals surface area (Å²) in [5.74, 6) is 0. The van der Waals surface area contributed by atoms with Crippen LogP contribution in [0.2, 0.25) is 0 Å². The van der Waals surface area contributed by atoms with Crippen LogP contribution in [0.1, 0.15) is 36.2 Å². The van der Waals surface area contributed by atoms with Gasteiger partial charge in [-0.25, -0.2) is 0 Å². The molecule has 0 aliphatic carbocycles. The van der Waals surface area contributed by atoms with Gasteiger partial charge in [-0.1, -0.05) is 50.2 Å². The SMILES string of the molecule is Cc1ccnc(C(C)(C)c2cccc3c2oc2ccccc23)c1C. The van der Waals surface area contributed by atoms with Gasteiger partial charge in [0.15, 0.2) is 0 Å². The number of hydrogen-bond donors (Lipinski definition) is 0. The van der Waals surface area contributed by atoms with Crippen molar-refractivity contribution >= 4 is 21.9 Å². The quantitative estimate of drug-likeness (QED) is 0.458. The Labute approximate surface area is 142 Å². The fourth-order valence-electron chi connectivity index (χ4n) is 3.63. The van der Waals surface area contributed by atoms with E-state index in [0.29, 0.717) is 0 Å². The van der Waals surface area contributed by atoms with Crippen LogP contribution in [0.4, 0.5) is 0 Å². The summed E-state index contributed by atoms with van der Waals surface area (Å²) in [6.45, 7) is 8.74. The zero-order chi connectivity index (χ0) is 16.9. The van der Waals surface area contributed by atoms with Crippen molar-refractivity contribution in [2.45, 2.75) is 33.1 Å². The van der Waals surface area contributed by atoms with Crippen molar-refractivity contribution in [2.24, 2.45) is 0 Å². The van der Waals surface area contributed by atoms with Gasteiger partial charge < -0.3 is 4.42 Å². The van der Waals surface area contributed by atoms with Crippen molar-refractivity contribution in [1.82, 2.24) is 4.98 Å². The van der Waals surface area contributed by atoms with Gasteiger partial charge in [0.1, 0.15) is 11.2 Å². The lowest BCUT2D eigenvalue weighted by Crippen LogP contribution is -2.22. The van der Waals surface area contributed by atoms with Crippen LogP contribution in [0.3, 0.4) is 0 Å². The second-order valence-electron chi connectivity index (χ2n) is 7.01. The number of pyridine rings is 1. The van der Waals surface area contributed by atoms with Gasteiger partial charge in [0.25, 0.3) is 0 Å². The summed E-state index contributed by atoms with van der Waals surface area (Å²) in [5, 5.41) is 2.33. The number of nitrogens with zero attached hydrogens (tertiary/aromatic N) is 1. The van der Waals surface area contributed by atoms with E-state index in [1.54, 1.807) is 0 Å². The molecule has 0 unspecified atom stereocenters. The summed E-state index contributed by atoms with van der Waals surface area (Å²) in [6, 6.07) is 16.7. The molecule has 0 aliphatic rings. The van der Waals surface area contributed by atoms with Crippen LogP contribution in [0.25, 0.3) is 21.9 Å². The molecular formula is C22H21NO. The zero-order valence-electron chi connectivity index (χ0n) is 14.6. The number of aromatic nitrogens is 1. The van der Waals surface area contributed by atoms with Gasteiger partial charge in [-0.2, -0.15) is 0 Å². The Kier molecular flexibility index (Phi) is 3.24. The Morgan fingerprint density at radius 3 is 2.46 bits per heavy atom. The van der Waals surface area contributed by atoms with Gasteiger partial charge in [-0.3, -0.25) is 4.98 Å². The summed E-state index contributed by atoms with van der Waals surface area (Å²) in [7, 11) is 0. The molecule has 0 amide bonds. The average molecular weight is 315 g/mol. The summed E-state index contributed by atoms with van der Waals surface area (Å²) < 4.78 is 6.23. The minimum atomic E-state index is -0.233. The molecule has 0 bridgehead atoms. The third-order valence-electron chi connectivity index (χ3n) is 5.14. The highest BCUT2D eigenvalue weighted by Crippen LogP contribution is 2.40. The van der Waals surface area contributed by atoms with Crippen LogP contribution in [0.5, 0.6) is 0 Å². The van der Waals surface area contributed by atoms with E-state index in [4.69, 9.17) is 9.40 Å². The molecule has 120 valence electrons. The van der Waals surface area contributed by atoms with E-state index in [2.05, 4.69) is 64.1 Å². The van der Waals surface area contributed by atoms with Crippen LogP contribution in [0.15, 0.2) is 59.1 Å². The Morgan fingerprint density at radius 1 is 0.875 bits per heavy atom. The standard InChI is InChI=1S/C22H21NO/c1-14-12-13-23-21(15(14)2)22(3,4)18-10-7-9-17-16-8-5-6-11-19(16)24-20(17)18/h5-13H,1-4H3. The summed E-state index contributed by atoms with van der Waals surface area (Å²) >= 11 is 0. The molecule has 24 heavy (non-hydrogen) atoms. The van der Waals surface area contributed by atoms with Crippen LogP contribution in [-0.2, 0) is 5.41 Å². The predicted octanol–water partition coefficient (Wildman–Crippen LogP) is 5.92. The first-order valence-corrected chi connectivity index (χ1v) is 8.33. The van der Waals surface area contributed by atoms with E-state index in [0.717, 1.165) is 16.9 Å². The molecule has 2 heteroatoms. The molecule has 0 radical (unpaired) electrons. The molecule has 0 fully saturated rings. The molecule has 4 aromatic rings. The molecule has 2 heterocycles. The molecule has 0 saturated heterocycles. The maximum atomic E-state index is 6.23. The molecule has 0 atom stereocenters. The highest BCUT2D eigenvalue weighted by atomic mass is 16.3. The van der Waals surface area contributed by atoms with Crippen molar-refractivity contribution in [1.29, 1.82) is 0 Å². The first-order valence-electron chi connectivity index (χ1n) is 8.33. The monoisotopic (exact) mass is 315 g/mol. The zero-order valence-corrected chi connectivity index (χ0v) is 14.6. The van der Waals surface area contributed by atoms with Crippen LogP contribution in [0, 0.1) is 13.8 Å². The number of para-hydroxylation sites is 2. The summed E-state index contributed by atoms with van der Waals surface area (Å²) in [5.41, 5.74) is 6.47. The Balaban J connectivity index is 2.03. The van der Waals surface area contributed by atoms with E-state index in [1.165, 1.54) is 27.5 Å². The fraction of sp³-hybridized carbons (Fsp3) is 0.227. The Bertz CT molecular complexity index is 1060. The van der Waals surface area contributed by atoms with Crippen molar-refractivity contribution < 1.29 is 4.42 Å². The van der Waals surface area contributed by atoms with Gasteiger partial charge in [0.2, 0.25) is 0 Å². The lowest BCUT2D eigenvalue weighted by atomic mass is 9.78. The minimum Gasteiger partial charge on any atom is -0.456 e. The van der Waals surface area contributed by atoms with Crippen molar-refractivity contribution in [3.8, 4) is 0 Å². The second-order valence-corrected chi connectivity index (χ2v) is 7.01. The summed E-state index contributed by atoms with van der Waals surface area (Å²) in [4.78, 5) is 4.71. The van der Waals surface area contributed by atoms with Gasteiger partial charge in [0.05, 0.1) is 5.69 Å². The predicted molar refractivity (Wildman–Crippen MR) is 99.6 cm³/mol. The lowest BCUT2D eigenvalue weighted by Gasteiger charge is -2.27. The van der Waals surface area contributed by atoms with Crippen LogP contribution >= 0.6 is 0 Å². The molecule has 0 saturated carbocycles. The number of fused-ring (bicyclic) bond motifs is 3. The Hall–Kier alpha value is -2.61.